The maximum Gasteiger partial charge on any atom is 0.245 e. The molecule has 112 valence electrons. The molecule has 2 aromatic rings. The first-order valence-electron chi connectivity index (χ1n) is 6.27. The summed E-state index contributed by atoms with van der Waals surface area (Å²) in [6.07, 6.45) is 3.17. The third-order valence-electron chi connectivity index (χ3n) is 3.40. The highest BCUT2D eigenvalue weighted by Gasteiger charge is 2.28. The molecule has 0 amide bonds. The summed E-state index contributed by atoms with van der Waals surface area (Å²) in [7, 11) is -2.46. The van der Waals surface area contributed by atoms with Crippen molar-refractivity contribution in [1.82, 2.24) is 9.29 Å². The molecule has 0 saturated carbocycles. The molecule has 1 unspecified atom stereocenters. The molecule has 1 heterocycles. The van der Waals surface area contributed by atoms with Crippen molar-refractivity contribution in [3.05, 3.63) is 54.1 Å². The van der Waals surface area contributed by atoms with Gasteiger partial charge >= 0.3 is 0 Å². The van der Waals surface area contributed by atoms with Crippen molar-refractivity contribution in [1.29, 1.82) is 0 Å². The van der Waals surface area contributed by atoms with E-state index in [1.165, 1.54) is 19.2 Å². The number of para-hydroxylation sites is 1. The predicted molar refractivity (Wildman–Crippen MR) is 78.4 cm³/mol. The molecule has 2 N–H and O–H groups in total. The van der Waals surface area contributed by atoms with Crippen LogP contribution in [0.3, 0.4) is 0 Å². The SMILES string of the molecule is CC(c1ccncc1)N(C)S(=O)(=O)c1cccc(F)c1N. The molecule has 0 fully saturated rings. The van der Waals surface area contributed by atoms with Crippen LogP contribution in [-0.2, 0) is 10.0 Å². The summed E-state index contributed by atoms with van der Waals surface area (Å²) in [5, 5.41) is 0. The quantitative estimate of drug-likeness (QED) is 0.878. The van der Waals surface area contributed by atoms with Gasteiger partial charge in [0.25, 0.3) is 0 Å². The molecule has 2 rings (SSSR count). The molecule has 21 heavy (non-hydrogen) atoms. The number of hydrogen-bond donors (Lipinski definition) is 1. The number of hydrogen-bond acceptors (Lipinski definition) is 4. The van der Waals surface area contributed by atoms with Crippen LogP contribution in [0.1, 0.15) is 18.5 Å². The molecular weight excluding hydrogens is 293 g/mol. The van der Waals surface area contributed by atoms with Gasteiger partial charge in [-0.1, -0.05) is 6.07 Å². The summed E-state index contributed by atoms with van der Waals surface area (Å²) in [6.45, 7) is 1.74. The lowest BCUT2D eigenvalue weighted by Gasteiger charge is -2.25. The number of rotatable bonds is 4. The lowest BCUT2D eigenvalue weighted by atomic mass is 10.1. The first kappa shape index (κ1) is 15.4. The van der Waals surface area contributed by atoms with E-state index in [2.05, 4.69) is 4.98 Å². The zero-order chi connectivity index (χ0) is 15.6. The standard InChI is InChI=1S/C14H16FN3O2S/c1-10(11-6-8-17-9-7-11)18(2)21(19,20)13-5-3-4-12(15)14(13)16/h3-10H,16H2,1-2H3. The van der Waals surface area contributed by atoms with Gasteiger partial charge in [-0.25, -0.2) is 12.8 Å². The van der Waals surface area contributed by atoms with Crippen LogP contribution in [-0.4, -0.2) is 24.8 Å². The van der Waals surface area contributed by atoms with E-state index in [1.807, 2.05) is 0 Å². The van der Waals surface area contributed by atoms with Crippen molar-refractivity contribution in [2.24, 2.45) is 0 Å². The van der Waals surface area contributed by atoms with Crippen LogP contribution in [0.25, 0.3) is 0 Å². The number of halogens is 1. The first-order valence-corrected chi connectivity index (χ1v) is 7.71. The van der Waals surface area contributed by atoms with Crippen molar-refractivity contribution < 1.29 is 12.8 Å². The van der Waals surface area contributed by atoms with Gasteiger partial charge in [0.2, 0.25) is 10.0 Å². The van der Waals surface area contributed by atoms with Gasteiger partial charge in [-0.2, -0.15) is 4.31 Å². The zero-order valence-electron chi connectivity index (χ0n) is 11.7. The average molecular weight is 309 g/mol. The molecule has 5 nitrogen and oxygen atoms in total. The lowest BCUT2D eigenvalue weighted by molar-refractivity contribution is 0.398. The minimum Gasteiger partial charge on any atom is -0.395 e. The number of nitrogen functional groups attached to an aromatic ring is 1. The molecule has 7 heteroatoms. The van der Waals surface area contributed by atoms with Crippen LogP contribution >= 0.6 is 0 Å². The Hall–Kier alpha value is -1.99. The maximum atomic E-state index is 13.5. The summed E-state index contributed by atoms with van der Waals surface area (Å²) in [4.78, 5) is 3.66. The second kappa shape index (κ2) is 5.79. The predicted octanol–water partition coefficient (Wildman–Crippen LogP) is 2.18. The highest BCUT2D eigenvalue weighted by atomic mass is 32.2. The second-order valence-electron chi connectivity index (χ2n) is 4.63. The number of sulfonamides is 1. The Morgan fingerprint density at radius 2 is 1.86 bits per heavy atom. The summed E-state index contributed by atoms with van der Waals surface area (Å²) in [5.74, 6) is -0.749. The van der Waals surface area contributed by atoms with Crippen molar-refractivity contribution in [2.45, 2.75) is 17.9 Å². The minimum atomic E-state index is -3.89. The summed E-state index contributed by atoms with van der Waals surface area (Å²) in [5.41, 5.74) is 5.97. The highest BCUT2D eigenvalue weighted by molar-refractivity contribution is 7.89. The second-order valence-corrected chi connectivity index (χ2v) is 6.60. The lowest BCUT2D eigenvalue weighted by Crippen LogP contribution is -2.30. The molecule has 0 bridgehead atoms. The molecule has 1 aromatic carbocycles. The Balaban J connectivity index is 2.42. The maximum absolute atomic E-state index is 13.5. The molecule has 1 aromatic heterocycles. The Bertz CT molecular complexity index is 735. The van der Waals surface area contributed by atoms with Crippen LogP contribution < -0.4 is 5.73 Å². The van der Waals surface area contributed by atoms with E-state index in [4.69, 9.17) is 5.73 Å². The molecule has 1 atom stereocenters. The van der Waals surface area contributed by atoms with Gasteiger partial charge in [0.15, 0.2) is 0 Å². The number of pyridine rings is 1. The third kappa shape index (κ3) is 2.88. The van der Waals surface area contributed by atoms with Gasteiger partial charge in [-0.15, -0.1) is 0 Å². The fraction of sp³-hybridized carbons (Fsp3) is 0.214. The topological polar surface area (TPSA) is 76.3 Å². The molecule has 0 aliphatic carbocycles. The van der Waals surface area contributed by atoms with Crippen LogP contribution in [0.5, 0.6) is 0 Å². The summed E-state index contributed by atoms with van der Waals surface area (Å²) in [6, 6.07) is 6.77. The largest absolute Gasteiger partial charge is 0.395 e. The number of anilines is 1. The fourth-order valence-electron chi connectivity index (χ4n) is 1.96. The summed E-state index contributed by atoms with van der Waals surface area (Å²) < 4.78 is 39.8. The molecule has 0 saturated heterocycles. The van der Waals surface area contributed by atoms with E-state index >= 15 is 0 Å². The Morgan fingerprint density at radius 1 is 1.24 bits per heavy atom. The van der Waals surface area contributed by atoms with Crippen LogP contribution in [0.2, 0.25) is 0 Å². The highest BCUT2D eigenvalue weighted by Crippen LogP contribution is 2.29. The van der Waals surface area contributed by atoms with Gasteiger partial charge < -0.3 is 5.73 Å². The first-order chi connectivity index (χ1) is 9.85. The van der Waals surface area contributed by atoms with E-state index in [9.17, 15) is 12.8 Å². The normalized spacial score (nSPS) is 13.3. The van der Waals surface area contributed by atoms with E-state index in [1.54, 1.807) is 31.5 Å². The van der Waals surface area contributed by atoms with Crippen molar-refractivity contribution in [3.63, 3.8) is 0 Å². The number of benzene rings is 1. The smallest absolute Gasteiger partial charge is 0.245 e. The number of nitrogens with two attached hydrogens (primary N) is 1. The van der Waals surface area contributed by atoms with Gasteiger partial charge in [0, 0.05) is 25.5 Å². The number of nitrogens with zero attached hydrogens (tertiary/aromatic N) is 2. The van der Waals surface area contributed by atoms with Crippen LogP contribution in [0.15, 0.2) is 47.6 Å². The molecule has 0 aliphatic rings. The van der Waals surface area contributed by atoms with E-state index in [-0.39, 0.29) is 10.6 Å². The van der Waals surface area contributed by atoms with Crippen molar-refractivity contribution >= 4 is 15.7 Å². The van der Waals surface area contributed by atoms with Gasteiger partial charge in [-0.05, 0) is 36.8 Å². The Kier molecular flexibility index (Phi) is 4.24. The van der Waals surface area contributed by atoms with Crippen molar-refractivity contribution in [3.8, 4) is 0 Å². The molecular formula is C14H16FN3O2S. The van der Waals surface area contributed by atoms with Gasteiger partial charge in [-0.3, -0.25) is 4.98 Å². The number of aromatic nitrogens is 1. The molecule has 0 spiro atoms. The Labute approximate surface area is 123 Å². The summed E-state index contributed by atoms with van der Waals surface area (Å²) >= 11 is 0. The van der Waals surface area contributed by atoms with Crippen molar-refractivity contribution in [2.75, 3.05) is 12.8 Å². The average Bonchev–Trinajstić information content (AvgIpc) is 2.49. The van der Waals surface area contributed by atoms with E-state index < -0.39 is 21.9 Å². The fourth-order valence-corrected chi connectivity index (χ4v) is 3.43. The molecule has 0 aliphatic heterocycles. The minimum absolute atomic E-state index is 0.231. The van der Waals surface area contributed by atoms with Gasteiger partial charge in [0.05, 0.1) is 5.69 Å². The monoisotopic (exact) mass is 309 g/mol. The van der Waals surface area contributed by atoms with Crippen LogP contribution in [0, 0.1) is 5.82 Å². The molecule has 0 radical (unpaired) electrons. The third-order valence-corrected chi connectivity index (χ3v) is 5.39. The van der Waals surface area contributed by atoms with Gasteiger partial charge in [0.1, 0.15) is 10.7 Å². The van der Waals surface area contributed by atoms with Crippen LogP contribution in [0.4, 0.5) is 10.1 Å². The Morgan fingerprint density at radius 3 is 2.48 bits per heavy atom. The van der Waals surface area contributed by atoms with E-state index in [0.717, 1.165) is 15.9 Å². The zero-order valence-corrected chi connectivity index (χ0v) is 12.5. The van der Waals surface area contributed by atoms with E-state index in [0.29, 0.717) is 0 Å².